The van der Waals surface area contributed by atoms with Crippen LogP contribution < -0.4 is 10.6 Å². The Labute approximate surface area is 237 Å². The van der Waals surface area contributed by atoms with Crippen molar-refractivity contribution in [3.63, 3.8) is 0 Å². The summed E-state index contributed by atoms with van der Waals surface area (Å²) in [5.74, 6) is 0.585. The second kappa shape index (κ2) is 12.3. The van der Waals surface area contributed by atoms with E-state index in [1.54, 1.807) is 4.57 Å². The summed E-state index contributed by atoms with van der Waals surface area (Å²) >= 11 is 5.43. The zero-order valence-electron chi connectivity index (χ0n) is 22.0. The Hall–Kier alpha value is -2.94. The molecule has 0 radical (unpaired) electrons. The molecular weight excluding hydrogens is 536 g/mol. The number of rotatable bonds is 9. The van der Waals surface area contributed by atoms with Gasteiger partial charge in [-0.05, 0) is 43.5 Å². The molecule has 2 aliphatic heterocycles. The highest BCUT2D eigenvalue weighted by Gasteiger charge is 2.45. The summed E-state index contributed by atoms with van der Waals surface area (Å²) in [6.45, 7) is 1.81. The molecule has 1 aliphatic carbocycles. The van der Waals surface area contributed by atoms with Crippen LogP contribution in [0, 0.1) is 0 Å². The van der Waals surface area contributed by atoms with Crippen molar-refractivity contribution in [2.24, 2.45) is 0 Å². The lowest BCUT2D eigenvalue weighted by Gasteiger charge is -2.23. The average Bonchev–Trinajstić information content (AvgIpc) is 3.77. The van der Waals surface area contributed by atoms with Crippen molar-refractivity contribution in [2.75, 3.05) is 25.1 Å². The summed E-state index contributed by atoms with van der Waals surface area (Å²) in [5, 5.41) is 28.4. The predicted molar refractivity (Wildman–Crippen MR) is 148 cm³/mol. The molecule has 7 atom stereocenters. The summed E-state index contributed by atoms with van der Waals surface area (Å²) in [4.78, 5) is 13.1. The molecule has 6 unspecified atom stereocenters. The Morgan fingerprint density at radius 1 is 1.10 bits per heavy atom. The molecule has 0 bridgehead atoms. The largest absolute Gasteiger partial charge is 0.468 e. The van der Waals surface area contributed by atoms with Gasteiger partial charge < -0.3 is 39.8 Å². The van der Waals surface area contributed by atoms with Gasteiger partial charge in [-0.25, -0.2) is 15.0 Å². The van der Waals surface area contributed by atoms with E-state index < -0.39 is 24.5 Å². The fourth-order valence-electron chi connectivity index (χ4n) is 5.50. The maximum atomic E-state index is 10.8. The SMILES string of the molecule is OC1C(COC(=S)NC2CCCC2OCc2ccccc2)OC(n2cnc3c(N[C@@H]4CCOC4)ncnc32)C1O. The number of benzene rings is 1. The van der Waals surface area contributed by atoms with Gasteiger partial charge >= 0.3 is 0 Å². The number of aliphatic hydroxyl groups is 2. The highest BCUT2D eigenvalue weighted by Crippen LogP contribution is 2.33. The first kappa shape index (κ1) is 27.2. The van der Waals surface area contributed by atoms with Crippen LogP contribution in [0.1, 0.15) is 37.5 Å². The molecule has 3 fully saturated rings. The van der Waals surface area contributed by atoms with Gasteiger partial charge in [0.25, 0.3) is 5.17 Å². The Morgan fingerprint density at radius 3 is 2.80 bits per heavy atom. The Morgan fingerprint density at radius 2 is 1.98 bits per heavy atom. The summed E-state index contributed by atoms with van der Waals surface area (Å²) in [5.41, 5.74) is 2.15. The predicted octanol–water partition coefficient (Wildman–Crippen LogP) is 1.68. The molecule has 0 spiro atoms. The van der Waals surface area contributed by atoms with E-state index in [4.69, 9.17) is 31.2 Å². The number of imidazole rings is 1. The first-order valence-corrected chi connectivity index (χ1v) is 14.1. The van der Waals surface area contributed by atoms with Crippen molar-refractivity contribution in [1.82, 2.24) is 24.8 Å². The van der Waals surface area contributed by atoms with Gasteiger partial charge in [-0.15, -0.1) is 0 Å². The van der Waals surface area contributed by atoms with Crippen molar-refractivity contribution in [3.05, 3.63) is 48.5 Å². The number of nitrogens with one attached hydrogen (secondary N) is 2. The van der Waals surface area contributed by atoms with Crippen LogP contribution in [-0.2, 0) is 25.6 Å². The van der Waals surface area contributed by atoms with E-state index in [0.717, 1.165) is 31.2 Å². The molecule has 4 heterocycles. The summed E-state index contributed by atoms with van der Waals surface area (Å²) < 4.78 is 25.0. The maximum Gasteiger partial charge on any atom is 0.257 e. The molecule has 1 saturated carbocycles. The van der Waals surface area contributed by atoms with Crippen LogP contribution in [0.15, 0.2) is 43.0 Å². The van der Waals surface area contributed by atoms with Gasteiger partial charge in [0.05, 0.1) is 37.7 Å². The van der Waals surface area contributed by atoms with Gasteiger partial charge in [0.15, 0.2) is 23.2 Å². The van der Waals surface area contributed by atoms with Crippen molar-refractivity contribution in [3.8, 4) is 0 Å². The Kier molecular flexibility index (Phi) is 8.37. The topological polar surface area (TPSA) is 145 Å². The van der Waals surface area contributed by atoms with E-state index in [-0.39, 0.29) is 30.0 Å². The molecule has 3 aliphatic rings. The summed E-state index contributed by atoms with van der Waals surface area (Å²) in [6.07, 6.45) is 2.66. The molecule has 0 amide bonds. The van der Waals surface area contributed by atoms with Crippen molar-refractivity contribution < 1.29 is 29.2 Å². The molecule has 4 N–H and O–H groups in total. The zero-order chi connectivity index (χ0) is 27.5. The number of fused-ring (bicyclic) bond motifs is 1. The van der Waals surface area contributed by atoms with Crippen molar-refractivity contribution in [2.45, 2.75) is 75.0 Å². The maximum absolute atomic E-state index is 10.8. The zero-order valence-corrected chi connectivity index (χ0v) is 22.8. The second-order valence-electron chi connectivity index (χ2n) is 10.4. The van der Waals surface area contributed by atoms with Gasteiger partial charge in [-0.2, -0.15) is 0 Å². The lowest BCUT2D eigenvalue weighted by atomic mass is 10.1. The van der Waals surface area contributed by atoms with Gasteiger partial charge in [-0.3, -0.25) is 4.57 Å². The minimum atomic E-state index is -1.22. The average molecular weight is 571 g/mol. The molecule has 214 valence electrons. The number of anilines is 1. The number of nitrogens with zero attached hydrogens (tertiary/aromatic N) is 4. The number of thiocarbonyl (C=S) groups is 1. The quantitative estimate of drug-likeness (QED) is 0.278. The standard InChI is InChI=1S/C27H34N6O6S/c34-22-20(13-38-27(40)32-18-7-4-8-19(18)37-11-16-5-2-1-3-6-16)39-26(23(22)35)33-15-30-21-24(28-14-29-25(21)33)31-17-9-10-36-12-17/h1-3,5-6,14-15,17-20,22-23,26,34-35H,4,7-13H2,(H,32,40)(H,28,29,31)/t17-,18?,19?,20?,22?,23?,26?/m1/s1. The van der Waals surface area contributed by atoms with Crippen molar-refractivity contribution in [1.29, 1.82) is 0 Å². The fourth-order valence-corrected chi connectivity index (χ4v) is 5.72. The second-order valence-corrected chi connectivity index (χ2v) is 10.8. The minimum Gasteiger partial charge on any atom is -0.468 e. The lowest BCUT2D eigenvalue weighted by Crippen LogP contribution is -2.42. The molecule has 13 heteroatoms. The molecule has 6 rings (SSSR count). The third-order valence-corrected chi connectivity index (χ3v) is 7.92. The molecule has 2 aromatic heterocycles. The molecule has 40 heavy (non-hydrogen) atoms. The van der Waals surface area contributed by atoms with E-state index in [9.17, 15) is 10.2 Å². The monoisotopic (exact) mass is 570 g/mol. The van der Waals surface area contributed by atoms with Crippen LogP contribution in [-0.4, -0.2) is 91.2 Å². The molecule has 1 aromatic carbocycles. The van der Waals surface area contributed by atoms with Crippen LogP contribution in [0.3, 0.4) is 0 Å². The van der Waals surface area contributed by atoms with E-state index in [1.165, 1.54) is 12.7 Å². The first-order chi connectivity index (χ1) is 19.6. The smallest absolute Gasteiger partial charge is 0.257 e. The first-order valence-electron chi connectivity index (χ1n) is 13.7. The Bertz CT molecular complexity index is 1290. The fraction of sp³-hybridized carbons (Fsp3) is 0.556. The summed E-state index contributed by atoms with van der Waals surface area (Å²) in [6, 6.07) is 10.3. The van der Waals surface area contributed by atoms with Crippen molar-refractivity contribution >= 4 is 34.4 Å². The van der Waals surface area contributed by atoms with E-state index >= 15 is 0 Å². The normalized spacial score (nSPS) is 30.1. The van der Waals surface area contributed by atoms with E-state index in [2.05, 4.69) is 25.6 Å². The van der Waals surface area contributed by atoms with E-state index in [0.29, 0.717) is 36.8 Å². The highest BCUT2D eigenvalue weighted by atomic mass is 32.1. The van der Waals surface area contributed by atoms with Crippen LogP contribution in [0.5, 0.6) is 0 Å². The number of aliphatic hydroxyl groups excluding tert-OH is 2. The van der Waals surface area contributed by atoms with Crippen LogP contribution in [0.25, 0.3) is 11.2 Å². The van der Waals surface area contributed by atoms with Gasteiger partial charge in [0, 0.05) is 6.61 Å². The highest BCUT2D eigenvalue weighted by molar-refractivity contribution is 7.80. The van der Waals surface area contributed by atoms with Gasteiger partial charge in [-0.1, -0.05) is 30.3 Å². The van der Waals surface area contributed by atoms with Crippen LogP contribution >= 0.6 is 12.2 Å². The van der Waals surface area contributed by atoms with Crippen LogP contribution in [0.2, 0.25) is 0 Å². The number of aromatic nitrogens is 4. The lowest BCUT2D eigenvalue weighted by molar-refractivity contribution is -0.0494. The van der Waals surface area contributed by atoms with E-state index in [1.807, 2.05) is 30.3 Å². The molecular formula is C27H34N6O6S. The Balaban J connectivity index is 1.03. The minimum absolute atomic E-state index is 0.0263. The number of hydrogen-bond acceptors (Lipinski definition) is 11. The summed E-state index contributed by atoms with van der Waals surface area (Å²) in [7, 11) is 0. The van der Waals surface area contributed by atoms with Gasteiger partial charge in [0.2, 0.25) is 0 Å². The molecule has 2 saturated heterocycles. The molecule has 3 aromatic rings. The third kappa shape index (κ3) is 5.90. The van der Waals surface area contributed by atoms with Crippen LogP contribution in [0.4, 0.5) is 5.82 Å². The molecule has 12 nitrogen and oxygen atoms in total. The third-order valence-electron chi connectivity index (χ3n) is 7.68. The van der Waals surface area contributed by atoms with Gasteiger partial charge in [0.1, 0.15) is 31.2 Å². The number of hydrogen-bond donors (Lipinski definition) is 4. The number of ether oxygens (including phenoxy) is 4.